The van der Waals surface area contributed by atoms with Crippen LogP contribution >= 0.6 is 11.6 Å². The van der Waals surface area contributed by atoms with Gasteiger partial charge in [-0.05, 0) is 48.4 Å². The van der Waals surface area contributed by atoms with Gasteiger partial charge in [-0.15, -0.1) is 0 Å². The van der Waals surface area contributed by atoms with Crippen molar-refractivity contribution >= 4 is 28.4 Å². The van der Waals surface area contributed by atoms with Gasteiger partial charge in [-0.2, -0.15) is 0 Å². The number of carbonyl (C=O) groups excluding carboxylic acids is 1. The molecule has 1 aliphatic heterocycles. The van der Waals surface area contributed by atoms with Crippen LogP contribution in [0.5, 0.6) is 11.5 Å². The van der Waals surface area contributed by atoms with Gasteiger partial charge in [-0.1, -0.05) is 11.6 Å². The molecule has 0 atom stereocenters. The van der Waals surface area contributed by atoms with Crippen molar-refractivity contribution in [3.8, 4) is 11.5 Å². The molecule has 26 heavy (non-hydrogen) atoms. The molecule has 0 bridgehead atoms. The molecule has 2 aromatic carbocycles. The van der Waals surface area contributed by atoms with Gasteiger partial charge in [0.2, 0.25) is 0 Å². The lowest BCUT2D eigenvalue weighted by Crippen LogP contribution is -2.25. The first-order valence-electron chi connectivity index (χ1n) is 8.64. The third kappa shape index (κ3) is 3.48. The monoisotopic (exact) mass is 370 g/mol. The number of hydrogen-bond donors (Lipinski definition) is 2. The van der Waals surface area contributed by atoms with E-state index < -0.39 is 0 Å². The lowest BCUT2D eigenvalue weighted by molar-refractivity contribution is 0.0953. The van der Waals surface area contributed by atoms with Crippen LogP contribution in [0.1, 0.15) is 22.3 Å². The number of fused-ring (bicyclic) bond motifs is 2. The van der Waals surface area contributed by atoms with E-state index >= 15 is 0 Å². The molecule has 0 unspecified atom stereocenters. The van der Waals surface area contributed by atoms with Crippen LogP contribution in [0.25, 0.3) is 10.9 Å². The Labute approximate surface area is 156 Å². The van der Waals surface area contributed by atoms with E-state index in [4.69, 9.17) is 21.1 Å². The van der Waals surface area contributed by atoms with E-state index in [1.807, 2.05) is 24.4 Å². The molecule has 3 aromatic rings. The van der Waals surface area contributed by atoms with Crippen LogP contribution in [0.3, 0.4) is 0 Å². The number of aromatic nitrogens is 1. The second-order valence-corrected chi connectivity index (χ2v) is 6.66. The highest BCUT2D eigenvalue weighted by atomic mass is 35.5. The Morgan fingerprint density at radius 3 is 2.85 bits per heavy atom. The SMILES string of the molecule is O=C(NCCc1c[nH]c2ccc(Cl)cc12)c1ccc2c(c1)OCCCO2. The number of halogens is 1. The fourth-order valence-electron chi connectivity index (χ4n) is 3.07. The Kier molecular flexibility index (Phi) is 4.71. The first kappa shape index (κ1) is 16.8. The Hall–Kier alpha value is -2.66. The smallest absolute Gasteiger partial charge is 0.251 e. The Bertz CT molecular complexity index is 951. The van der Waals surface area contributed by atoms with Gasteiger partial charge >= 0.3 is 0 Å². The summed E-state index contributed by atoms with van der Waals surface area (Å²) >= 11 is 6.08. The van der Waals surface area contributed by atoms with Crippen LogP contribution in [0.4, 0.5) is 0 Å². The Balaban J connectivity index is 1.41. The second kappa shape index (κ2) is 7.30. The summed E-state index contributed by atoms with van der Waals surface area (Å²) in [5.41, 5.74) is 2.73. The minimum Gasteiger partial charge on any atom is -0.490 e. The molecular formula is C20H19ClN2O3. The van der Waals surface area contributed by atoms with Crippen LogP contribution < -0.4 is 14.8 Å². The summed E-state index contributed by atoms with van der Waals surface area (Å²) < 4.78 is 11.2. The lowest BCUT2D eigenvalue weighted by atomic mass is 10.1. The highest BCUT2D eigenvalue weighted by Crippen LogP contribution is 2.30. The molecule has 1 amide bonds. The van der Waals surface area contributed by atoms with Crippen LogP contribution in [-0.2, 0) is 6.42 Å². The fourth-order valence-corrected chi connectivity index (χ4v) is 3.25. The van der Waals surface area contributed by atoms with Crippen molar-refractivity contribution < 1.29 is 14.3 Å². The van der Waals surface area contributed by atoms with Crippen LogP contribution in [0, 0.1) is 0 Å². The molecule has 0 fully saturated rings. The maximum absolute atomic E-state index is 12.4. The summed E-state index contributed by atoms with van der Waals surface area (Å²) in [6.07, 6.45) is 3.52. The van der Waals surface area contributed by atoms with Gasteiger partial charge in [0.15, 0.2) is 11.5 Å². The number of carbonyl (C=O) groups is 1. The highest BCUT2D eigenvalue weighted by molar-refractivity contribution is 6.31. The standard InChI is InChI=1S/C20H19ClN2O3/c21-15-3-4-17-16(11-15)14(12-23-17)6-7-22-20(24)13-2-5-18-19(10-13)26-9-1-8-25-18/h2-5,10-12,23H,1,6-9H2,(H,22,24). The summed E-state index contributed by atoms with van der Waals surface area (Å²) in [5, 5.41) is 4.75. The van der Waals surface area contributed by atoms with Crippen molar-refractivity contribution in [3.63, 3.8) is 0 Å². The molecule has 0 aliphatic carbocycles. The number of rotatable bonds is 4. The first-order valence-corrected chi connectivity index (χ1v) is 9.02. The van der Waals surface area contributed by atoms with Crippen LogP contribution in [0.15, 0.2) is 42.6 Å². The van der Waals surface area contributed by atoms with Crippen molar-refractivity contribution in [3.05, 3.63) is 58.7 Å². The third-order valence-electron chi connectivity index (χ3n) is 4.42. The van der Waals surface area contributed by atoms with Gasteiger partial charge in [-0.25, -0.2) is 0 Å². The molecule has 134 valence electrons. The van der Waals surface area contributed by atoms with Crippen molar-refractivity contribution in [1.29, 1.82) is 0 Å². The Morgan fingerprint density at radius 2 is 1.96 bits per heavy atom. The zero-order valence-corrected chi connectivity index (χ0v) is 14.9. The fraction of sp³-hybridized carbons (Fsp3) is 0.250. The average Bonchev–Trinajstić information content (AvgIpc) is 2.88. The van der Waals surface area contributed by atoms with Crippen LogP contribution in [0.2, 0.25) is 5.02 Å². The molecule has 5 nitrogen and oxygen atoms in total. The first-order chi connectivity index (χ1) is 12.7. The van der Waals surface area contributed by atoms with Gasteiger partial charge in [0, 0.05) is 40.7 Å². The molecule has 2 heterocycles. The van der Waals surface area contributed by atoms with Gasteiger partial charge < -0.3 is 19.8 Å². The van der Waals surface area contributed by atoms with E-state index in [0.29, 0.717) is 41.8 Å². The molecule has 1 aromatic heterocycles. The summed E-state index contributed by atoms with van der Waals surface area (Å²) in [7, 11) is 0. The zero-order chi connectivity index (χ0) is 17.9. The third-order valence-corrected chi connectivity index (χ3v) is 4.65. The van der Waals surface area contributed by atoms with Crippen LogP contribution in [-0.4, -0.2) is 30.6 Å². The van der Waals surface area contributed by atoms with E-state index in [9.17, 15) is 4.79 Å². The second-order valence-electron chi connectivity index (χ2n) is 6.22. The predicted octanol–water partition coefficient (Wildman–Crippen LogP) is 3.96. The minimum absolute atomic E-state index is 0.126. The maximum atomic E-state index is 12.4. The van der Waals surface area contributed by atoms with Gasteiger partial charge in [0.25, 0.3) is 5.91 Å². The van der Waals surface area contributed by atoms with E-state index in [1.54, 1.807) is 18.2 Å². The number of H-pyrrole nitrogens is 1. The van der Waals surface area contributed by atoms with Crippen molar-refractivity contribution in [1.82, 2.24) is 10.3 Å². The quantitative estimate of drug-likeness (QED) is 0.730. The van der Waals surface area contributed by atoms with E-state index in [-0.39, 0.29) is 5.91 Å². The highest BCUT2D eigenvalue weighted by Gasteiger charge is 2.14. The summed E-state index contributed by atoms with van der Waals surface area (Å²) in [5.74, 6) is 1.19. The van der Waals surface area contributed by atoms with E-state index in [1.165, 1.54) is 0 Å². The van der Waals surface area contributed by atoms with Gasteiger partial charge in [0.1, 0.15) is 0 Å². The zero-order valence-electron chi connectivity index (χ0n) is 14.2. The summed E-state index contributed by atoms with van der Waals surface area (Å²) in [6.45, 7) is 1.76. The number of ether oxygens (including phenoxy) is 2. The number of benzene rings is 2. The van der Waals surface area contributed by atoms with Gasteiger partial charge in [0.05, 0.1) is 13.2 Å². The number of nitrogens with one attached hydrogen (secondary N) is 2. The molecule has 0 spiro atoms. The van der Waals surface area contributed by atoms with Crippen molar-refractivity contribution in [2.75, 3.05) is 19.8 Å². The number of amides is 1. The normalized spacial score (nSPS) is 13.4. The van der Waals surface area contributed by atoms with Crippen molar-refractivity contribution in [2.24, 2.45) is 0 Å². The Morgan fingerprint density at radius 1 is 1.12 bits per heavy atom. The molecule has 0 saturated heterocycles. The van der Waals surface area contributed by atoms with E-state index in [2.05, 4.69) is 10.3 Å². The molecular weight excluding hydrogens is 352 g/mol. The molecule has 1 aliphatic rings. The van der Waals surface area contributed by atoms with Gasteiger partial charge in [-0.3, -0.25) is 4.79 Å². The molecule has 2 N–H and O–H groups in total. The topological polar surface area (TPSA) is 63.4 Å². The molecule has 0 saturated carbocycles. The summed E-state index contributed by atoms with van der Waals surface area (Å²) in [6, 6.07) is 11.0. The largest absolute Gasteiger partial charge is 0.490 e. The minimum atomic E-state index is -0.126. The van der Waals surface area contributed by atoms with Crippen molar-refractivity contribution in [2.45, 2.75) is 12.8 Å². The predicted molar refractivity (Wildman–Crippen MR) is 101 cm³/mol. The molecule has 4 rings (SSSR count). The molecule has 6 heteroatoms. The number of aromatic amines is 1. The molecule has 0 radical (unpaired) electrons. The average molecular weight is 371 g/mol. The van der Waals surface area contributed by atoms with E-state index in [0.717, 1.165) is 29.3 Å². The maximum Gasteiger partial charge on any atom is 0.251 e. The number of hydrogen-bond acceptors (Lipinski definition) is 3. The lowest BCUT2D eigenvalue weighted by Gasteiger charge is -2.10. The summed E-state index contributed by atoms with van der Waals surface area (Å²) in [4.78, 5) is 15.6.